The van der Waals surface area contributed by atoms with Crippen LogP contribution in [0.1, 0.15) is 22.3 Å². The maximum absolute atomic E-state index is 10.8. The van der Waals surface area contributed by atoms with Crippen LogP contribution < -0.4 is 9.80 Å². The molecule has 1 saturated heterocycles. The Morgan fingerprint density at radius 3 is 2.42 bits per heavy atom. The summed E-state index contributed by atoms with van der Waals surface area (Å²) in [6.45, 7) is 11.1. The molecule has 3 rings (SSSR count). The Bertz CT molecular complexity index is 1110. The van der Waals surface area contributed by atoms with Crippen LogP contribution >= 0.6 is 31.3 Å². The molecule has 0 bridgehead atoms. The first-order valence-corrected chi connectivity index (χ1v) is 17.5. The number of ether oxygens (including phenoxy) is 1. The number of nitrogens with zero attached hydrogens (tertiary/aromatic N) is 4. The molecule has 2 aromatic carbocycles. The summed E-state index contributed by atoms with van der Waals surface area (Å²) in [4.78, 5) is 23.8. The quantitative estimate of drug-likeness (QED) is 0.0761. The number of halogens is 2. The third-order valence-electron chi connectivity index (χ3n) is 5.41. The van der Waals surface area contributed by atoms with Crippen molar-refractivity contribution in [2.24, 2.45) is 0 Å². The summed E-state index contributed by atoms with van der Waals surface area (Å²) >= 11 is -0.351. The number of carbonyl (C=O) groups excluding carboxylic acids is 1. The van der Waals surface area contributed by atoms with Crippen molar-refractivity contribution in [3.8, 4) is 0 Å². The molecule has 0 aliphatic carbocycles. The van der Waals surface area contributed by atoms with Crippen molar-refractivity contribution in [2.75, 3.05) is 49.8 Å². The van der Waals surface area contributed by atoms with Gasteiger partial charge in [0, 0.05) is 12.2 Å². The number of esters is 1. The zero-order valence-electron chi connectivity index (χ0n) is 21.1. The van der Waals surface area contributed by atoms with E-state index in [1.165, 1.54) is 41.6 Å². The third kappa shape index (κ3) is 8.70. The molecule has 0 atom stereocenters. The van der Waals surface area contributed by atoms with Crippen LogP contribution in [0.25, 0.3) is 0 Å². The molecule has 1 N–H and O–H groups in total. The Balaban J connectivity index is 0.000000259. The molecule has 0 amide bonds. The second-order valence-corrected chi connectivity index (χ2v) is 14.7. The first kappa shape index (κ1) is 30.5. The van der Waals surface area contributed by atoms with E-state index in [0.717, 1.165) is 13.1 Å². The number of benzene rings is 2. The first-order chi connectivity index (χ1) is 17.0. The Morgan fingerprint density at radius 1 is 1.28 bits per heavy atom. The SMILES string of the molecule is COC(=[OH+])CN(C)c1ccc([N+](=O)[O-])cc1[CH]=[Ru]([Cl])[Cl].CSN1[CH-]N(c2c(C)cc(C)cc2C)CC1. The van der Waals surface area contributed by atoms with Crippen LogP contribution in [-0.2, 0) is 18.3 Å². The van der Waals surface area contributed by atoms with E-state index < -0.39 is 18.4 Å². The summed E-state index contributed by atoms with van der Waals surface area (Å²) in [5.74, 6) is -0.164. The van der Waals surface area contributed by atoms with Crippen molar-refractivity contribution in [3.63, 3.8) is 0 Å². The number of rotatable bonds is 7. The van der Waals surface area contributed by atoms with Gasteiger partial charge in [0.05, 0.1) is 0 Å². The van der Waals surface area contributed by atoms with E-state index in [0.29, 0.717) is 11.3 Å². The molecule has 0 spiro atoms. The molecule has 1 aliphatic heterocycles. The van der Waals surface area contributed by atoms with Gasteiger partial charge in [-0.05, 0) is 44.7 Å². The molecule has 36 heavy (non-hydrogen) atoms. The maximum Gasteiger partial charge on any atom is 0.0142 e. The van der Waals surface area contributed by atoms with Gasteiger partial charge >= 0.3 is 129 Å². The molecule has 0 aromatic heterocycles. The summed E-state index contributed by atoms with van der Waals surface area (Å²) < 4.78 is 8.59. The van der Waals surface area contributed by atoms with Gasteiger partial charge in [-0.15, -0.1) is 11.9 Å². The Hall–Kier alpha value is -1.71. The van der Waals surface area contributed by atoms with Crippen molar-refractivity contribution in [2.45, 2.75) is 20.8 Å². The van der Waals surface area contributed by atoms with E-state index >= 15 is 0 Å². The second kappa shape index (κ2) is 14.3. The number of nitro groups is 1. The maximum atomic E-state index is 10.8. The summed E-state index contributed by atoms with van der Waals surface area (Å²) in [5, 5.41) is 10.8. The fourth-order valence-electron chi connectivity index (χ4n) is 3.93. The smallest absolute Gasteiger partial charge is 0.0142 e. The van der Waals surface area contributed by atoms with Crippen molar-refractivity contribution >= 4 is 59.0 Å². The van der Waals surface area contributed by atoms with E-state index in [1.54, 1.807) is 34.6 Å². The first-order valence-electron chi connectivity index (χ1n) is 10.9. The normalized spacial score (nSPS) is 13.6. The summed E-state index contributed by atoms with van der Waals surface area (Å²) in [6, 6.07) is 8.89. The third-order valence-corrected chi connectivity index (χ3v) is 7.99. The minimum absolute atomic E-state index is 0.0444. The second-order valence-electron chi connectivity index (χ2n) is 8.14. The molecule has 200 valence electrons. The van der Waals surface area contributed by atoms with Gasteiger partial charge in [0.1, 0.15) is 0 Å². The number of hydrogen-bond donors (Lipinski definition) is 0. The molecular formula is C24H32Cl2N4O4RuS. The average Bonchev–Trinajstić information content (AvgIpc) is 3.26. The van der Waals surface area contributed by atoms with Crippen LogP contribution in [0.15, 0.2) is 30.3 Å². The molecular weight excluding hydrogens is 612 g/mol. The molecule has 0 radical (unpaired) electrons. The van der Waals surface area contributed by atoms with Gasteiger partial charge in [-0.3, -0.25) is 0 Å². The van der Waals surface area contributed by atoms with Gasteiger partial charge in [-0.1, -0.05) is 17.7 Å². The zero-order chi connectivity index (χ0) is 27.0. The summed E-state index contributed by atoms with van der Waals surface area (Å²) in [7, 11) is 14.7. The molecule has 1 aliphatic rings. The van der Waals surface area contributed by atoms with Crippen molar-refractivity contribution in [3.05, 3.63) is 69.4 Å². The van der Waals surface area contributed by atoms with E-state index in [9.17, 15) is 14.9 Å². The van der Waals surface area contributed by atoms with Gasteiger partial charge in [0.25, 0.3) is 0 Å². The molecule has 0 saturated carbocycles. The minimum atomic E-state index is -2.13. The Labute approximate surface area is 230 Å². The fraction of sp³-hybridized carbons (Fsp3) is 0.375. The van der Waals surface area contributed by atoms with Gasteiger partial charge in [0.15, 0.2) is 0 Å². The van der Waals surface area contributed by atoms with Crippen molar-refractivity contribution in [1.29, 1.82) is 0 Å². The largest absolute Gasteiger partial charge is 0.506 e. The molecule has 12 heteroatoms. The number of anilines is 2. The summed E-state index contributed by atoms with van der Waals surface area (Å²) in [6.07, 6.45) is 2.12. The number of likely N-dealkylation sites (N-methyl/N-ethyl adjacent to an activating group) is 1. The molecule has 2 aromatic rings. The standard InChI is InChI=1S/C13H19N2S.C11H12N2O4.2ClH.Ru/c1-10-7-11(2)13(12(3)8-10)14-5-6-15(9-14)16-4;1-8-6-9(13(15)16)4-5-10(8)12(2)7-11(14)17-3;;;/h7-9H,5-6H2,1-4H3;1,4-6H,7H2,2-3H3;2*1H;/q-1;;;;+2/p-1. The summed E-state index contributed by atoms with van der Waals surface area (Å²) in [5.41, 5.74) is 6.65. The van der Waals surface area contributed by atoms with E-state index in [4.69, 9.17) is 24.1 Å². The van der Waals surface area contributed by atoms with Gasteiger partial charge in [0.2, 0.25) is 0 Å². The predicted molar refractivity (Wildman–Crippen MR) is 150 cm³/mol. The monoisotopic (exact) mass is 644 g/mol. The van der Waals surface area contributed by atoms with Crippen LogP contribution in [0.2, 0.25) is 0 Å². The van der Waals surface area contributed by atoms with Crippen LogP contribution in [0.4, 0.5) is 17.1 Å². The zero-order valence-corrected chi connectivity index (χ0v) is 25.2. The number of non-ortho nitro benzene ring substituents is 1. The Morgan fingerprint density at radius 2 is 1.92 bits per heavy atom. The van der Waals surface area contributed by atoms with Crippen molar-refractivity contribution < 1.29 is 28.0 Å². The van der Waals surface area contributed by atoms with Crippen LogP contribution in [0.5, 0.6) is 0 Å². The van der Waals surface area contributed by atoms with Crippen LogP contribution in [-0.4, -0.2) is 64.6 Å². The van der Waals surface area contributed by atoms with Crippen molar-refractivity contribution in [1.82, 2.24) is 4.31 Å². The van der Waals surface area contributed by atoms with Crippen LogP contribution in [0, 0.1) is 37.6 Å². The average molecular weight is 645 g/mol. The molecule has 1 fully saturated rings. The van der Waals surface area contributed by atoms with E-state index in [1.807, 2.05) is 0 Å². The molecule has 1 heterocycles. The van der Waals surface area contributed by atoms with Gasteiger partial charge in [-0.25, -0.2) is 0 Å². The Kier molecular flexibility index (Phi) is 12.1. The minimum Gasteiger partial charge on any atom is -0.506 e. The molecule has 8 nitrogen and oxygen atoms in total. The number of nitro benzene ring substituents is 1. The van der Waals surface area contributed by atoms with Gasteiger partial charge < -0.3 is 9.21 Å². The van der Waals surface area contributed by atoms with Gasteiger partial charge in [-0.2, -0.15) is 6.67 Å². The van der Waals surface area contributed by atoms with Crippen LogP contribution in [0.3, 0.4) is 0 Å². The molecule has 0 unspecified atom stereocenters. The topological polar surface area (TPSA) is 83.5 Å². The predicted octanol–water partition coefficient (Wildman–Crippen LogP) is 5.39. The number of hydrogen-bond acceptors (Lipinski definition) is 7. The number of methoxy groups -OCH3 is 1. The van der Waals surface area contributed by atoms with E-state index in [2.05, 4.69) is 55.0 Å². The fourth-order valence-corrected chi connectivity index (χ4v) is 6.20. The van der Waals surface area contributed by atoms with E-state index in [-0.39, 0.29) is 18.2 Å². The number of aryl methyl sites for hydroxylation is 3.